The second-order valence-corrected chi connectivity index (χ2v) is 3.16. The van der Waals surface area contributed by atoms with Gasteiger partial charge in [0.1, 0.15) is 12.4 Å². The SMILES string of the molecule is O=C1OC=C(CBr)C(CBr)O1. The van der Waals surface area contributed by atoms with Gasteiger partial charge in [-0.2, -0.15) is 0 Å². The number of ether oxygens (including phenoxy) is 2. The van der Waals surface area contributed by atoms with E-state index in [-0.39, 0.29) is 6.10 Å². The Morgan fingerprint density at radius 2 is 2.27 bits per heavy atom. The van der Waals surface area contributed by atoms with Crippen molar-refractivity contribution in [2.75, 3.05) is 10.7 Å². The molecule has 0 saturated carbocycles. The van der Waals surface area contributed by atoms with Gasteiger partial charge in [-0.3, -0.25) is 0 Å². The molecule has 1 aliphatic rings. The largest absolute Gasteiger partial charge is 0.513 e. The number of rotatable bonds is 2. The van der Waals surface area contributed by atoms with E-state index in [1.807, 2.05) is 0 Å². The lowest BCUT2D eigenvalue weighted by Gasteiger charge is -2.20. The van der Waals surface area contributed by atoms with E-state index in [4.69, 9.17) is 4.74 Å². The van der Waals surface area contributed by atoms with E-state index >= 15 is 0 Å². The normalized spacial score (nSPS) is 23.6. The molecule has 62 valence electrons. The summed E-state index contributed by atoms with van der Waals surface area (Å²) >= 11 is 6.48. The molecular weight excluding hydrogens is 280 g/mol. The molecule has 1 rings (SSSR count). The molecule has 0 N–H and O–H groups in total. The molecule has 11 heavy (non-hydrogen) atoms. The Morgan fingerprint density at radius 3 is 2.82 bits per heavy atom. The van der Waals surface area contributed by atoms with E-state index in [0.717, 1.165) is 5.57 Å². The van der Waals surface area contributed by atoms with Gasteiger partial charge in [-0.05, 0) is 0 Å². The van der Waals surface area contributed by atoms with Gasteiger partial charge in [0.05, 0.1) is 0 Å². The summed E-state index contributed by atoms with van der Waals surface area (Å²) in [7, 11) is 0. The molecule has 1 atom stereocenters. The Kier molecular flexibility index (Phi) is 3.39. The number of cyclic esters (lactones) is 2. The number of halogens is 2. The molecule has 1 unspecified atom stereocenters. The van der Waals surface area contributed by atoms with E-state index in [1.165, 1.54) is 6.26 Å². The van der Waals surface area contributed by atoms with Gasteiger partial charge < -0.3 is 9.47 Å². The topological polar surface area (TPSA) is 35.5 Å². The minimum absolute atomic E-state index is 0.198. The molecule has 5 heteroatoms. The van der Waals surface area contributed by atoms with Crippen molar-refractivity contribution in [1.29, 1.82) is 0 Å². The minimum Gasteiger partial charge on any atom is -0.425 e. The Balaban J connectivity index is 2.67. The first-order chi connectivity index (χ1) is 5.27. The summed E-state index contributed by atoms with van der Waals surface area (Å²) in [5.74, 6) is 0. The first-order valence-electron chi connectivity index (χ1n) is 2.96. The highest BCUT2D eigenvalue weighted by Gasteiger charge is 2.22. The quantitative estimate of drug-likeness (QED) is 0.576. The third kappa shape index (κ3) is 2.20. The first kappa shape index (κ1) is 9.06. The molecule has 1 heterocycles. The van der Waals surface area contributed by atoms with Crippen LogP contribution in [0.4, 0.5) is 4.79 Å². The Bertz CT molecular complexity index is 190. The van der Waals surface area contributed by atoms with Crippen molar-refractivity contribution in [3.8, 4) is 0 Å². The van der Waals surface area contributed by atoms with Crippen molar-refractivity contribution in [3.63, 3.8) is 0 Å². The molecule has 1 aliphatic heterocycles. The summed E-state index contributed by atoms with van der Waals surface area (Å²) in [6.07, 6.45) is 0.585. The van der Waals surface area contributed by atoms with Crippen molar-refractivity contribution in [2.24, 2.45) is 0 Å². The van der Waals surface area contributed by atoms with Crippen LogP contribution in [0.15, 0.2) is 11.8 Å². The summed E-state index contributed by atoms with van der Waals surface area (Å²) in [6.45, 7) is 0. The van der Waals surface area contributed by atoms with E-state index in [0.29, 0.717) is 10.7 Å². The average Bonchev–Trinajstić information content (AvgIpc) is 2.04. The van der Waals surface area contributed by atoms with Gasteiger partial charge in [-0.25, -0.2) is 4.79 Å². The van der Waals surface area contributed by atoms with E-state index in [1.54, 1.807) is 0 Å². The van der Waals surface area contributed by atoms with Crippen LogP contribution in [0.3, 0.4) is 0 Å². The van der Waals surface area contributed by atoms with Crippen LogP contribution >= 0.6 is 31.9 Å². The van der Waals surface area contributed by atoms with Crippen molar-refractivity contribution >= 4 is 38.0 Å². The molecule has 0 aromatic rings. The van der Waals surface area contributed by atoms with E-state index in [2.05, 4.69) is 36.6 Å². The lowest BCUT2D eigenvalue weighted by Crippen LogP contribution is -2.26. The zero-order valence-corrected chi connectivity index (χ0v) is 8.72. The maximum Gasteiger partial charge on any atom is 0.513 e. The van der Waals surface area contributed by atoms with Crippen molar-refractivity contribution in [3.05, 3.63) is 11.8 Å². The lowest BCUT2D eigenvalue weighted by atomic mass is 10.2. The Labute approximate surface area is 81.0 Å². The predicted molar refractivity (Wildman–Crippen MR) is 47.0 cm³/mol. The average molecular weight is 286 g/mol. The van der Waals surface area contributed by atoms with Crippen LogP contribution in [0.1, 0.15) is 0 Å². The molecule has 0 aromatic carbocycles. The van der Waals surface area contributed by atoms with Crippen LogP contribution in [0.5, 0.6) is 0 Å². The highest BCUT2D eigenvalue weighted by atomic mass is 79.9. The number of hydrogen-bond donors (Lipinski definition) is 0. The van der Waals surface area contributed by atoms with Gasteiger partial charge in [-0.15, -0.1) is 0 Å². The van der Waals surface area contributed by atoms with Crippen molar-refractivity contribution in [2.45, 2.75) is 6.10 Å². The smallest absolute Gasteiger partial charge is 0.425 e. The van der Waals surface area contributed by atoms with Crippen LogP contribution in [-0.4, -0.2) is 22.9 Å². The summed E-state index contributed by atoms with van der Waals surface area (Å²) in [6, 6.07) is 0. The highest BCUT2D eigenvalue weighted by molar-refractivity contribution is 9.09. The fraction of sp³-hybridized carbons (Fsp3) is 0.500. The van der Waals surface area contributed by atoms with E-state index < -0.39 is 6.16 Å². The van der Waals surface area contributed by atoms with Crippen LogP contribution in [0, 0.1) is 0 Å². The number of carbonyl (C=O) groups is 1. The van der Waals surface area contributed by atoms with Gasteiger partial charge in [0, 0.05) is 16.2 Å². The lowest BCUT2D eigenvalue weighted by molar-refractivity contribution is 0.0516. The third-order valence-electron chi connectivity index (χ3n) is 1.25. The molecule has 0 aliphatic carbocycles. The van der Waals surface area contributed by atoms with E-state index in [9.17, 15) is 4.79 Å². The fourth-order valence-electron chi connectivity index (χ4n) is 0.667. The zero-order chi connectivity index (χ0) is 8.27. The van der Waals surface area contributed by atoms with Crippen molar-refractivity contribution in [1.82, 2.24) is 0 Å². The molecule has 0 aromatic heterocycles. The maximum atomic E-state index is 10.6. The summed E-state index contributed by atoms with van der Waals surface area (Å²) in [4.78, 5) is 10.6. The summed E-state index contributed by atoms with van der Waals surface area (Å²) in [5.41, 5.74) is 0.918. The van der Waals surface area contributed by atoms with Gasteiger partial charge in [-0.1, -0.05) is 31.9 Å². The monoisotopic (exact) mass is 284 g/mol. The molecule has 0 saturated heterocycles. The zero-order valence-electron chi connectivity index (χ0n) is 5.55. The maximum absolute atomic E-state index is 10.6. The minimum atomic E-state index is -0.640. The van der Waals surface area contributed by atoms with Gasteiger partial charge in [0.15, 0.2) is 0 Å². The van der Waals surface area contributed by atoms with Crippen LogP contribution in [0.25, 0.3) is 0 Å². The molecule has 0 amide bonds. The molecular formula is C6H6Br2O3. The predicted octanol–water partition coefficient (Wildman–Crippen LogP) is 2.20. The molecule has 0 radical (unpaired) electrons. The number of carbonyl (C=O) groups excluding carboxylic acids is 1. The van der Waals surface area contributed by atoms with Gasteiger partial charge in [0.2, 0.25) is 0 Å². The second-order valence-electron chi connectivity index (χ2n) is 1.96. The standard InChI is InChI=1S/C6H6Br2O3/c7-1-4-3-10-6(9)11-5(4)2-8/h3,5H,1-2H2. The fourth-order valence-corrected chi connectivity index (χ4v) is 1.71. The highest BCUT2D eigenvalue weighted by Crippen LogP contribution is 2.17. The molecule has 0 spiro atoms. The number of hydrogen-bond acceptors (Lipinski definition) is 3. The first-order valence-corrected chi connectivity index (χ1v) is 5.20. The second kappa shape index (κ2) is 4.11. The molecule has 0 fully saturated rings. The van der Waals surface area contributed by atoms with Crippen LogP contribution in [0.2, 0.25) is 0 Å². The van der Waals surface area contributed by atoms with Crippen LogP contribution in [-0.2, 0) is 9.47 Å². The van der Waals surface area contributed by atoms with Crippen LogP contribution < -0.4 is 0 Å². The molecule has 0 bridgehead atoms. The third-order valence-corrected chi connectivity index (χ3v) is 2.49. The Hall–Kier alpha value is -0.0300. The van der Waals surface area contributed by atoms with Crippen molar-refractivity contribution < 1.29 is 14.3 Å². The van der Waals surface area contributed by atoms with Gasteiger partial charge in [0.25, 0.3) is 0 Å². The summed E-state index contributed by atoms with van der Waals surface area (Å²) in [5, 5.41) is 1.25. The summed E-state index contributed by atoms with van der Waals surface area (Å²) < 4.78 is 9.37. The van der Waals surface area contributed by atoms with Gasteiger partial charge >= 0.3 is 6.16 Å². The Morgan fingerprint density at radius 1 is 1.55 bits per heavy atom. The number of alkyl halides is 2. The molecule has 3 nitrogen and oxygen atoms in total.